The van der Waals surface area contributed by atoms with Crippen LogP contribution >= 0.6 is 0 Å². The highest BCUT2D eigenvalue weighted by Gasteiger charge is 2.44. The molecule has 4 nitrogen and oxygen atoms in total. The maximum atomic E-state index is 12.4. The van der Waals surface area contributed by atoms with E-state index in [1.165, 1.54) is 5.56 Å². The number of piperidine rings is 1. The molecule has 3 aliphatic heterocycles. The van der Waals surface area contributed by atoms with Crippen molar-refractivity contribution in [2.45, 2.75) is 25.2 Å². The molecule has 2 fully saturated rings. The number of rotatable bonds is 2. The lowest BCUT2D eigenvalue weighted by molar-refractivity contribution is -0.128. The van der Waals surface area contributed by atoms with E-state index in [1.54, 1.807) is 0 Å². The molecule has 0 radical (unpaired) electrons. The first-order valence-electron chi connectivity index (χ1n) is 7.96. The zero-order chi connectivity index (χ0) is 14.3. The Kier molecular flexibility index (Phi) is 3.14. The van der Waals surface area contributed by atoms with Crippen molar-refractivity contribution in [3.63, 3.8) is 0 Å². The molecule has 112 valence electrons. The van der Waals surface area contributed by atoms with Crippen LogP contribution in [-0.2, 0) is 4.79 Å². The van der Waals surface area contributed by atoms with Crippen molar-refractivity contribution in [3.8, 4) is 5.75 Å². The SMILES string of the molecule is O=C1CC2(CCNCC2)CN1CC1COc2ccccc21. The molecule has 1 spiro atoms. The van der Waals surface area contributed by atoms with Crippen molar-refractivity contribution < 1.29 is 9.53 Å². The smallest absolute Gasteiger partial charge is 0.223 e. The number of carbonyl (C=O) groups is 1. The van der Waals surface area contributed by atoms with Gasteiger partial charge in [-0.1, -0.05) is 18.2 Å². The molecule has 0 aromatic heterocycles. The lowest BCUT2D eigenvalue weighted by Gasteiger charge is -2.33. The largest absolute Gasteiger partial charge is 0.493 e. The van der Waals surface area contributed by atoms with E-state index in [9.17, 15) is 4.79 Å². The Hall–Kier alpha value is -1.55. The fraction of sp³-hybridized carbons (Fsp3) is 0.588. The molecule has 1 unspecified atom stereocenters. The van der Waals surface area contributed by atoms with Gasteiger partial charge in [-0.05, 0) is 37.4 Å². The molecule has 0 aliphatic carbocycles. The molecule has 4 rings (SSSR count). The first-order valence-corrected chi connectivity index (χ1v) is 7.96. The number of hydrogen-bond donors (Lipinski definition) is 1. The fourth-order valence-electron chi connectivity index (χ4n) is 4.09. The molecule has 0 saturated carbocycles. The summed E-state index contributed by atoms with van der Waals surface area (Å²) in [4.78, 5) is 14.5. The number of benzene rings is 1. The van der Waals surface area contributed by atoms with Gasteiger partial charge in [0.25, 0.3) is 0 Å². The van der Waals surface area contributed by atoms with Crippen LogP contribution in [0.4, 0.5) is 0 Å². The normalized spacial score (nSPS) is 27.0. The minimum absolute atomic E-state index is 0.237. The molecule has 0 bridgehead atoms. The molecule has 3 aliphatic rings. The number of fused-ring (bicyclic) bond motifs is 1. The third-order valence-corrected chi connectivity index (χ3v) is 5.31. The van der Waals surface area contributed by atoms with Crippen molar-refractivity contribution in [1.82, 2.24) is 10.2 Å². The number of nitrogens with zero attached hydrogens (tertiary/aromatic N) is 1. The second-order valence-electron chi connectivity index (χ2n) is 6.75. The average molecular weight is 286 g/mol. The summed E-state index contributed by atoms with van der Waals surface area (Å²) in [6.45, 7) is 4.56. The maximum absolute atomic E-state index is 12.4. The van der Waals surface area contributed by atoms with Gasteiger partial charge in [0.15, 0.2) is 0 Å². The molecule has 1 aromatic rings. The van der Waals surface area contributed by atoms with Crippen molar-refractivity contribution in [2.75, 3.05) is 32.8 Å². The summed E-state index contributed by atoms with van der Waals surface area (Å²) in [5.41, 5.74) is 1.50. The van der Waals surface area contributed by atoms with Crippen LogP contribution in [-0.4, -0.2) is 43.6 Å². The highest BCUT2D eigenvalue weighted by Crippen LogP contribution is 2.41. The number of ether oxygens (including phenoxy) is 1. The number of para-hydroxylation sites is 1. The molecule has 1 N–H and O–H groups in total. The van der Waals surface area contributed by atoms with E-state index in [4.69, 9.17) is 4.74 Å². The molecule has 1 amide bonds. The van der Waals surface area contributed by atoms with Crippen molar-refractivity contribution in [2.24, 2.45) is 5.41 Å². The Morgan fingerprint density at radius 3 is 2.95 bits per heavy atom. The number of nitrogens with one attached hydrogen (secondary N) is 1. The number of carbonyl (C=O) groups excluding carboxylic acids is 1. The standard InChI is InChI=1S/C17H22N2O2/c20-16-9-17(5-7-18-8-6-17)12-19(16)10-13-11-21-15-4-2-1-3-14(13)15/h1-4,13,18H,5-12H2. The molecule has 2 saturated heterocycles. The lowest BCUT2D eigenvalue weighted by atomic mass is 9.78. The second-order valence-corrected chi connectivity index (χ2v) is 6.75. The molecular formula is C17H22N2O2. The minimum atomic E-state index is 0.237. The zero-order valence-electron chi connectivity index (χ0n) is 12.3. The van der Waals surface area contributed by atoms with Gasteiger partial charge in [0.05, 0.1) is 6.61 Å². The van der Waals surface area contributed by atoms with E-state index in [2.05, 4.69) is 22.3 Å². The second kappa shape index (κ2) is 5.02. The Balaban J connectivity index is 1.47. The Bertz CT molecular complexity index is 551. The van der Waals surface area contributed by atoms with Crippen LogP contribution in [0.15, 0.2) is 24.3 Å². The molecule has 1 aromatic carbocycles. The molecule has 21 heavy (non-hydrogen) atoms. The van der Waals surface area contributed by atoms with Gasteiger partial charge in [0, 0.05) is 31.0 Å². The quantitative estimate of drug-likeness (QED) is 0.901. The number of likely N-dealkylation sites (tertiary alicyclic amines) is 1. The predicted octanol–water partition coefficient (Wildman–Crippen LogP) is 1.76. The van der Waals surface area contributed by atoms with Crippen molar-refractivity contribution in [3.05, 3.63) is 29.8 Å². The maximum Gasteiger partial charge on any atom is 0.223 e. The first-order chi connectivity index (χ1) is 10.3. The van der Waals surface area contributed by atoms with Crippen LogP contribution in [0, 0.1) is 5.41 Å². The van der Waals surface area contributed by atoms with Gasteiger partial charge >= 0.3 is 0 Å². The first kappa shape index (κ1) is 13.1. The van der Waals surface area contributed by atoms with Gasteiger partial charge in [-0.3, -0.25) is 4.79 Å². The van der Waals surface area contributed by atoms with E-state index in [0.717, 1.165) is 51.2 Å². The Morgan fingerprint density at radius 2 is 2.10 bits per heavy atom. The van der Waals surface area contributed by atoms with Crippen LogP contribution < -0.4 is 10.1 Å². The predicted molar refractivity (Wildman–Crippen MR) is 80.4 cm³/mol. The van der Waals surface area contributed by atoms with E-state index in [-0.39, 0.29) is 5.41 Å². The number of amides is 1. The Labute approximate surface area is 125 Å². The van der Waals surface area contributed by atoms with E-state index in [0.29, 0.717) is 18.4 Å². The highest BCUT2D eigenvalue weighted by atomic mass is 16.5. The van der Waals surface area contributed by atoms with Gasteiger partial charge in [0.1, 0.15) is 5.75 Å². The Morgan fingerprint density at radius 1 is 1.29 bits per heavy atom. The zero-order valence-corrected chi connectivity index (χ0v) is 12.3. The average Bonchev–Trinajstić information content (AvgIpc) is 3.03. The molecular weight excluding hydrogens is 264 g/mol. The third-order valence-electron chi connectivity index (χ3n) is 5.31. The minimum Gasteiger partial charge on any atom is -0.493 e. The van der Waals surface area contributed by atoms with Crippen LogP contribution in [0.2, 0.25) is 0 Å². The summed E-state index contributed by atoms with van der Waals surface area (Å²) in [5.74, 6) is 1.66. The summed E-state index contributed by atoms with van der Waals surface area (Å²) >= 11 is 0. The summed E-state index contributed by atoms with van der Waals surface area (Å²) in [6.07, 6.45) is 3.00. The molecule has 4 heteroatoms. The summed E-state index contributed by atoms with van der Waals surface area (Å²) in [7, 11) is 0. The van der Waals surface area contributed by atoms with Gasteiger partial charge in [-0.15, -0.1) is 0 Å². The summed E-state index contributed by atoms with van der Waals surface area (Å²) in [5, 5.41) is 3.40. The third kappa shape index (κ3) is 2.31. The van der Waals surface area contributed by atoms with Crippen molar-refractivity contribution in [1.29, 1.82) is 0 Å². The van der Waals surface area contributed by atoms with Crippen LogP contribution in [0.5, 0.6) is 5.75 Å². The summed E-state index contributed by atoms with van der Waals surface area (Å²) < 4.78 is 5.75. The van der Waals surface area contributed by atoms with E-state index >= 15 is 0 Å². The highest BCUT2D eigenvalue weighted by molar-refractivity contribution is 5.79. The fourth-order valence-corrected chi connectivity index (χ4v) is 4.09. The van der Waals surface area contributed by atoms with Gasteiger partial charge in [-0.2, -0.15) is 0 Å². The van der Waals surface area contributed by atoms with Crippen molar-refractivity contribution >= 4 is 5.91 Å². The lowest BCUT2D eigenvalue weighted by Crippen LogP contribution is -2.39. The van der Waals surface area contributed by atoms with Crippen LogP contribution in [0.3, 0.4) is 0 Å². The van der Waals surface area contributed by atoms with Gasteiger partial charge in [-0.25, -0.2) is 0 Å². The molecule has 3 heterocycles. The monoisotopic (exact) mass is 286 g/mol. The van der Waals surface area contributed by atoms with E-state index < -0.39 is 0 Å². The van der Waals surface area contributed by atoms with Crippen LogP contribution in [0.25, 0.3) is 0 Å². The van der Waals surface area contributed by atoms with Gasteiger partial charge < -0.3 is 15.0 Å². The van der Waals surface area contributed by atoms with Crippen LogP contribution in [0.1, 0.15) is 30.7 Å². The number of hydrogen-bond acceptors (Lipinski definition) is 3. The summed E-state index contributed by atoms with van der Waals surface area (Å²) in [6, 6.07) is 8.22. The molecule has 1 atom stereocenters. The van der Waals surface area contributed by atoms with E-state index in [1.807, 2.05) is 12.1 Å². The van der Waals surface area contributed by atoms with Gasteiger partial charge in [0.2, 0.25) is 5.91 Å². The topological polar surface area (TPSA) is 41.6 Å².